The highest BCUT2D eigenvalue weighted by Crippen LogP contribution is 2.26. The van der Waals surface area contributed by atoms with Crippen molar-refractivity contribution in [1.82, 2.24) is 5.32 Å². The van der Waals surface area contributed by atoms with Crippen molar-refractivity contribution < 1.29 is 49.3 Å². The number of amides is 1. The molecule has 11 nitrogen and oxygen atoms in total. The van der Waals surface area contributed by atoms with E-state index in [4.69, 9.17) is 14.2 Å². The van der Waals surface area contributed by atoms with Crippen LogP contribution in [0.3, 0.4) is 0 Å². The zero-order chi connectivity index (χ0) is 58.2. The van der Waals surface area contributed by atoms with Gasteiger partial charge in [-0.05, 0) is 77.0 Å². The number of carbonyl (C=O) groups is 2. The average molecular weight is 1130 g/mol. The van der Waals surface area contributed by atoms with Crippen LogP contribution in [0, 0.1) is 0 Å². The number of ether oxygens (including phenoxy) is 3. The van der Waals surface area contributed by atoms with Crippen LogP contribution in [0.1, 0.15) is 329 Å². The topological polar surface area (TPSA) is 175 Å². The van der Waals surface area contributed by atoms with Crippen LogP contribution in [0.25, 0.3) is 0 Å². The molecule has 0 aromatic carbocycles. The third-order valence-corrected chi connectivity index (χ3v) is 16.3. The Kier molecular flexibility index (Phi) is 54.4. The molecule has 1 heterocycles. The molecule has 11 heteroatoms. The van der Waals surface area contributed by atoms with Gasteiger partial charge in [0, 0.05) is 6.42 Å². The van der Waals surface area contributed by atoms with E-state index in [0.717, 1.165) is 57.8 Å². The number of allylic oxidation sites excluding steroid dienone is 5. The van der Waals surface area contributed by atoms with E-state index in [9.17, 15) is 35.1 Å². The van der Waals surface area contributed by atoms with E-state index in [1.807, 2.05) is 6.08 Å². The summed E-state index contributed by atoms with van der Waals surface area (Å²) < 4.78 is 17.7. The maximum absolute atomic E-state index is 13.5. The highest BCUT2D eigenvalue weighted by atomic mass is 16.7. The average Bonchev–Trinajstić information content (AvgIpc) is 3.45. The summed E-state index contributed by atoms with van der Waals surface area (Å²) >= 11 is 0. The third kappa shape index (κ3) is 44.4. The minimum absolute atomic E-state index is 0.124. The van der Waals surface area contributed by atoms with E-state index in [2.05, 4.69) is 50.4 Å². The first-order chi connectivity index (χ1) is 39.2. The van der Waals surface area contributed by atoms with Gasteiger partial charge in [-0.25, -0.2) is 0 Å². The number of hydrogen-bond donors (Lipinski definition) is 6. The van der Waals surface area contributed by atoms with Crippen LogP contribution in [-0.4, -0.2) is 99.6 Å². The molecule has 1 amide bonds. The van der Waals surface area contributed by atoms with Crippen LogP contribution < -0.4 is 5.32 Å². The van der Waals surface area contributed by atoms with Gasteiger partial charge in [0.05, 0.1) is 25.4 Å². The summed E-state index contributed by atoms with van der Waals surface area (Å²) in [5.74, 6) is -1.18. The number of carbonyl (C=O) groups excluding carboxylic acids is 2. The maximum Gasteiger partial charge on any atom is 0.306 e. The van der Waals surface area contributed by atoms with Gasteiger partial charge in [-0.1, -0.05) is 282 Å². The summed E-state index contributed by atoms with van der Waals surface area (Å²) in [5.41, 5.74) is 0. The summed E-state index contributed by atoms with van der Waals surface area (Å²) in [6, 6.07) is -1.02. The lowest BCUT2D eigenvalue weighted by molar-refractivity contribution is -0.305. The van der Waals surface area contributed by atoms with Gasteiger partial charge in [-0.2, -0.15) is 0 Å². The molecule has 1 fully saturated rings. The first-order valence-corrected chi connectivity index (χ1v) is 34.3. The quantitative estimate of drug-likeness (QED) is 0.0195. The summed E-state index contributed by atoms with van der Waals surface area (Å²) in [6.07, 6.45) is 58.9. The predicted octanol–water partition coefficient (Wildman–Crippen LogP) is 17.0. The Hall–Kier alpha value is -2.12. The number of aliphatic hydroxyl groups is 5. The number of hydrogen-bond acceptors (Lipinski definition) is 10. The van der Waals surface area contributed by atoms with Gasteiger partial charge in [0.2, 0.25) is 5.91 Å². The van der Waals surface area contributed by atoms with Crippen molar-refractivity contribution >= 4 is 11.9 Å². The molecule has 8 atom stereocenters. The molecule has 1 aliphatic rings. The fraction of sp³-hybridized carbons (Fsp3) is 0.884. The lowest BCUT2D eigenvalue weighted by Crippen LogP contribution is -2.61. The lowest BCUT2D eigenvalue weighted by atomic mass is 9.99. The predicted molar refractivity (Wildman–Crippen MR) is 334 cm³/mol. The van der Waals surface area contributed by atoms with Gasteiger partial charge < -0.3 is 45.1 Å². The SMILES string of the molecule is CCCCCCCC/C=C/CCCCCCCCCCCCC(O)C(=O)NC(COC1OC(CO)C(O)C(O)C1OC(=O)CCCCCCCCCCC/C=C/CCCCCCCC)C(O)/C=C/CCCCCCCCCCCC. The van der Waals surface area contributed by atoms with E-state index < -0.39 is 67.4 Å². The number of unbranched alkanes of at least 4 members (excludes halogenated alkanes) is 41. The molecule has 470 valence electrons. The molecular formula is C69H129NO10. The highest BCUT2D eigenvalue weighted by molar-refractivity contribution is 5.80. The van der Waals surface area contributed by atoms with E-state index in [1.54, 1.807) is 6.08 Å². The Morgan fingerprint density at radius 3 is 1.21 bits per heavy atom. The van der Waals surface area contributed by atoms with E-state index in [-0.39, 0.29) is 13.0 Å². The second-order valence-corrected chi connectivity index (χ2v) is 23.9. The van der Waals surface area contributed by atoms with Gasteiger partial charge in [0.15, 0.2) is 12.4 Å². The van der Waals surface area contributed by atoms with Crippen molar-refractivity contribution in [1.29, 1.82) is 0 Å². The first kappa shape index (κ1) is 75.9. The lowest BCUT2D eigenvalue weighted by Gasteiger charge is -2.41. The van der Waals surface area contributed by atoms with Crippen molar-refractivity contribution in [3.8, 4) is 0 Å². The Balaban J connectivity index is 2.61. The minimum Gasteiger partial charge on any atom is -0.454 e. The molecule has 8 unspecified atom stereocenters. The molecule has 0 spiro atoms. The van der Waals surface area contributed by atoms with Crippen molar-refractivity contribution in [3.63, 3.8) is 0 Å². The standard InChI is InChI=1S/C69H129NO10/c1-4-7-10-13-16-19-22-25-27-29-31-33-34-36-38-41-44-47-50-53-56-62(73)68(77)70-60(61(72)55-52-49-46-43-40-24-21-18-15-12-9-6-3)59-78-69-67(66(76)65(75)63(58-71)79-69)80-64(74)57-54-51-48-45-42-39-37-35-32-30-28-26-23-20-17-14-11-8-5-2/h25-28,52,55,60-63,65-67,69,71-73,75-76H,4-24,29-51,53-54,56-59H2,1-3H3,(H,70,77)/b27-25+,28-26+,55-52+. The number of esters is 1. The molecule has 0 bridgehead atoms. The van der Waals surface area contributed by atoms with E-state index >= 15 is 0 Å². The number of nitrogens with one attached hydrogen (secondary N) is 1. The smallest absolute Gasteiger partial charge is 0.306 e. The molecule has 1 aliphatic heterocycles. The van der Waals surface area contributed by atoms with Crippen LogP contribution in [-0.2, 0) is 23.8 Å². The van der Waals surface area contributed by atoms with Crippen molar-refractivity contribution in [3.05, 3.63) is 36.5 Å². The summed E-state index contributed by atoms with van der Waals surface area (Å²) in [5, 5.41) is 57.2. The van der Waals surface area contributed by atoms with Gasteiger partial charge in [-0.15, -0.1) is 0 Å². The first-order valence-electron chi connectivity index (χ1n) is 34.3. The second-order valence-electron chi connectivity index (χ2n) is 23.9. The number of rotatable bonds is 59. The van der Waals surface area contributed by atoms with Crippen LogP contribution in [0.15, 0.2) is 36.5 Å². The Morgan fingerprint density at radius 1 is 0.475 bits per heavy atom. The molecule has 0 aromatic rings. The molecule has 0 aromatic heterocycles. The fourth-order valence-electron chi connectivity index (χ4n) is 10.8. The van der Waals surface area contributed by atoms with Crippen molar-refractivity contribution in [2.24, 2.45) is 0 Å². The highest BCUT2D eigenvalue weighted by Gasteiger charge is 2.47. The van der Waals surface area contributed by atoms with E-state index in [1.165, 1.54) is 225 Å². The maximum atomic E-state index is 13.5. The number of aliphatic hydroxyl groups excluding tert-OH is 5. The van der Waals surface area contributed by atoms with Crippen LogP contribution >= 0.6 is 0 Å². The molecular weight excluding hydrogens is 1000 g/mol. The van der Waals surface area contributed by atoms with Gasteiger partial charge in [0.1, 0.15) is 24.4 Å². The zero-order valence-electron chi connectivity index (χ0n) is 52.2. The van der Waals surface area contributed by atoms with Crippen molar-refractivity contribution in [2.45, 2.75) is 378 Å². The molecule has 0 aliphatic carbocycles. The third-order valence-electron chi connectivity index (χ3n) is 16.3. The fourth-order valence-corrected chi connectivity index (χ4v) is 10.8. The molecule has 1 saturated heterocycles. The van der Waals surface area contributed by atoms with Crippen LogP contribution in [0.5, 0.6) is 0 Å². The molecule has 1 rings (SSSR count). The Labute approximate surface area is 492 Å². The molecule has 80 heavy (non-hydrogen) atoms. The van der Waals surface area contributed by atoms with Crippen LogP contribution in [0.2, 0.25) is 0 Å². The van der Waals surface area contributed by atoms with E-state index in [0.29, 0.717) is 19.3 Å². The Morgan fingerprint density at radius 2 is 0.825 bits per heavy atom. The Bertz CT molecular complexity index is 1440. The summed E-state index contributed by atoms with van der Waals surface area (Å²) in [7, 11) is 0. The molecule has 0 saturated carbocycles. The normalized spacial score (nSPS) is 18.9. The van der Waals surface area contributed by atoms with Crippen molar-refractivity contribution in [2.75, 3.05) is 13.2 Å². The summed E-state index contributed by atoms with van der Waals surface area (Å²) in [6.45, 7) is 5.82. The van der Waals surface area contributed by atoms with Crippen LogP contribution in [0.4, 0.5) is 0 Å². The zero-order valence-corrected chi connectivity index (χ0v) is 52.2. The molecule has 0 radical (unpaired) electrons. The summed E-state index contributed by atoms with van der Waals surface area (Å²) in [4.78, 5) is 26.6. The second kappa shape index (κ2) is 57.3. The minimum atomic E-state index is -1.61. The monoisotopic (exact) mass is 1130 g/mol. The largest absolute Gasteiger partial charge is 0.454 e. The molecule has 6 N–H and O–H groups in total. The van der Waals surface area contributed by atoms with Gasteiger partial charge >= 0.3 is 5.97 Å². The van der Waals surface area contributed by atoms with Gasteiger partial charge in [0.25, 0.3) is 0 Å². The van der Waals surface area contributed by atoms with Gasteiger partial charge in [-0.3, -0.25) is 9.59 Å².